The summed E-state index contributed by atoms with van der Waals surface area (Å²) in [7, 11) is 1.22. The third-order valence-electron chi connectivity index (χ3n) is 4.22. The number of β-lactam (4-membered cyclic amide) rings is 1. The van der Waals surface area contributed by atoms with Gasteiger partial charge in [-0.3, -0.25) is 4.79 Å². The topological polar surface area (TPSA) is 111 Å². The van der Waals surface area contributed by atoms with Gasteiger partial charge in [0.15, 0.2) is 5.71 Å². The molecular weight excluding hydrogens is 298 g/mol. The van der Waals surface area contributed by atoms with Gasteiger partial charge in [0, 0.05) is 4.75 Å². The fraction of sp³-hybridized carbons (Fsp3) is 0.667. The lowest BCUT2D eigenvalue weighted by atomic mass is 9.73. The van der Waals surface area contributed by atoms with Gasteiger partial charge >= 0.3 is 5.97 Å². The van der Waals surface area contributed by atoms with Crippen molar-refractivity contribution in [2.45, 2.75) is 30.0 Å². The van der Waals surface area contributed by atoms with E-state index in [0.29, 0.717) is 0 Å². The first kappa shape index (κ1) is 14.2. The van der Waals surface area contributed by atoms with Crippen molar-refractivity contribution in [1.29, 1.82) is 0 Å². The molecule has 0 radical (unpaired) electrons. The molecule has 3 aliphatic rings. The number of carbonyl (C=O) groups is 3. The minimum absolute atomic E-state index is 0.0125. The molecule has 2 saturated heterocycles. The molecular formula is C12H14N3O5S-. The Hall–Kier alpha value is -1.77. The number of carboxylic acids is 1. The highest BCUT2D eigenvalue weighted by Crippen LogP contribution is 2.59. The molecule has 3 heterocycles. The number of ether oxygens (including phenoxy) is 1. The summed E-state index contributed by atoms with van der Waals surface area (Å²) in [5, 5.41) is 14.8. The smallest absolute Gasteiger partial charge is 0.355 e. The number of rotatable bonds is 2. The molecule has 0 saturated carbocycles. The van der Waals surface area contributed by atoms with Gasteiger partial charge in [-0.05, 0) is 13.8 Å². The number of nitrogens with one attached hydrogen (secondary N) is 1. The second kappa shape index (κ2) is 4.12. The summed E-state index contributed by atoms with van der Waals surface area (Å²) in [6, 6.07) is -1.02. The molecule has 0 aromatic heterocycles. The van der Waals surface area contributed by atoms with E-state index in [2.05, 4.69) is 15.3 Å². The maximum atomic E-state index is 12.6. The van der Waals surface area contributed by atoms with E-state index in [-0.39, 0.29) is 12.3 Å². The van der Waals surface area contributed by atoms with Crippen LogP contribution in [-0.4, -0.2) is 58.3 Å². The fourth-order valence-electron chi connectivity index (χ4n) is 3.24. The quantitative estimate of drug-likeness (QED) is 0.460. The van der Waals surface area contributed by atoms with Crippen molar-refractivity contribution < 1.29 is 24.2 Å². The van der Waals surface area contributed by atoms with Crippen LogP contribution in [0.4, 0.5) is 0 Å². The molecule has 3 aliphatic heterocycles. The Kier molecular flexibility index (Phi) is 2.78. The molecule has 3 atom stereocenters. The molecule has 0 bridgehead atoms. The summed E-state index contributed by atoms with van der Waals surface area (Å²) in [4.78, 5) is 37.1. The molecule has 1 N–H and O–H groups in total. The molecule has 0 aliphatic carbocycles. The molecule has 0 unspecified atom stereocenters. The first-order valence-corrected chi connectivity index (χ1v) is 7.26. The Labute approximate surface area is 124 Å². The normalized spacial score (nSPS) is 35.9. The van der Waals surface area contributed by atoms with Gasteiger partial charge in [-0.2, -0.15) is 5.10 Å². The number of carboxylic acid groups (broad SMARTS) is 1. The van der Waals surface area contributed by atoms with Gasteiger partial charge in [0.2, 0.25) is 5.91 Å². The summed E-state index contributed by atoms with van der Waals surface area (Å²) >= 11 is 1.34. The van der Waals surface area contributed by atoms with E-state index in [1.165, 1.54) is 23.8 Å². The summed E-state index contributed by atoms with van der Waals surface area (Å²) in [6.07, 6.45) is 0. The van der Waals surface area contributed by atoms with Crippen LogP contribution in [0.1, 0.15) is 13.8 Å². The number of aliphatic carboxylic acids is 1. The van der Waals surface area contributed by atoms with E-state index in [1.54, 1.807) is 13.8 Å². The van der Waals surface area contributed by atoms with Gasteiger partial charge in [-0.15, -0.1) is 11.8 Å². The van der Waals surface area contributed by atoms with Gasteiger partial charge in [-0.1, -0.05) is 0 Å². The van der Waals surface area contributed by atoms with Crippen molar-refractivity contribution in [1.82, 2.24) is 10.3 Å². The van der Waals surface area contributed by atoms with E-state index in [0.717, 1.165) is 0 Å². The molecule has 1 spiro atoms. The number of carbonyl (C=O) groups excluding carboxylic acids is 3. The Morgan fingerprint density at radius 2 is 2.19 bits per heavy atom. The number of amides is 1. The Balaban J connectivity index is 2.00. The van der Waals surface area contributed by atoms with Crippen LogP contribution < -0.4 is 10.5 Å². The van der Waals surface area contributed by atoms with Gasteiger partial charge in [0.05, 0.1) is 25.7 Å². The Bertz CT molecular complexity index is 589. The van der Waals surface area contributed by atoms with E-state index in [4.69, 9.17) is 0 Å². The molecule has 1 amide bonds. The lowest BCUT2D eigenvalue weighted by Gasteiger charge is -2.51. The predicted octanol–water partition coefficient (Wildman–Crippen LogP) is -2.08. The maximum absolute atomic E-state index is 12.6. The molecule has 21 heavy (non-hydrogen) atoms. The van der Waals surface area contributed by atoms with Crippen LogP contribution in [0.3, 0.4) is 0 Å². The Morgan fingerprint density at radius 3 is 2.76 bits per heavy atom. The first-order valence-electron chi connectivity index (χ1n) is 6.38. The van der Waals surface area contributed by atoms with Crippen LogP contribution >= 0.6 is 11.8 Å². The zero-order chi connectivity index (χ0) is 15.6. The third-order valence-corrected chi connectivity index (χ3v) is 5.90. The lowest BCUT2D eigenvalue weighted by molar-refractivity contribution is -0.313. The number of methoxy groups -OCH3 is 1. The van der Waals surface area contributed by atoms with E-state index in [9.17, 15) is 19.5 Å². The minimum Gasteiger partial charge on any atom is -0.548 e. The van der Waals surface area contributed by atoms with Crippen molar-refractivity contribution >= 4 is 35.3 Å². The number of hydrazone groups is 1. The third kappa shape index (κ3) is 1.52. The van der Waals surface area contributed by atoms with E-state index in [1.807, 2.05) is 0 Å². The number of nitrogens with zero attached hydrogens (tertiary/aromatic N) is 2. The number of thioether (sulfide) groups is 1. The molecule has 0 aromatic carbocycles. The SMILES string of the molecule is COC(=O)C1=NNC[C@]12C(=O)N1[C@@H](C(=O)[O-])C(C)(C)S[C@@H]12. The average molecular weight is 312 g/mol. The second-order valence-electron chi connectivity index (χ2n) is 5.77. The molecule has 9 heteroatoms. The molecule has 0 aromatic rings. The molecule has 114 valence electrons. The molecule has 3 rings (SSSR count). The first-order chi connectivity index (χ1) is 9.77. The van der Waals surface area contributed by atoms with Gasteiger partial charge in [-0.25, -0.2) is 4.79 Å². The summed E-state index contributed by atoms with van der Waals surface area (Å²) < 4.78 is 3.97. The van der Waals surface area contributed by atoms with Crippen molar-refractivity contribution in [2.75, 3.05) is 13.7 Å². The highest BCUT2D eigenvalue weighted by molar-refractivity contribution is 8.01. The van der Waals surface area contributed by atoms with Crippen molar-refractivity contribution in [2.24, 2.45) is 10.5 Å². The van der Waals surface area contributed by atoms with Gasteiger partial charge in [0.1, 0.15) is 10.8 Å². The number of hydrogen-bond acceptors (Lipinski definition) is 8. The predicted molar refractivity (Wildman–Crippen MR) is 71.0 cm³/mol. The zero-order valence-electron chi connectivity index (χ0n) is 11.7. The van der Waals surface area contributed by atoms with Crippen molar-refractivity contribution in [3.63, 3.8) is 0 Å². The number of fused-ring (bicyclic) bond motifs is 2. The van der Waals surface area contributed by atoms with E-state index < -0.39 is 39.4 Å². The monoisotopic (exact) mass is 312 g/mol. The van der Waals surface area contributed by atoms with Crippen LogP contribution in [0.25, 0.3) is 0 Å². The van der Waals surface area contributed by atoms with Crippen LogP contribution in [0.5, 0.6) is 0 Å². The van der Waals surface area contributed by atoms with Crippen LogP contribution in [0.2, 0.25) is 0 Å². The summed E-state index contributed by atoms with van der Waals surface area (Å²) in [5.74, 6) is -2.39. The van der Waals surface area contributed by atoms with Crippen LogP contribution in [-0.2, 0) is 19.1 Å². The second-order valence-corrected chi connectivity index (χ2v) is 7.50. The Morgan fingerprint density at radius 1 is 1.52 bits per heavy atom. The van der Waals surface area contributed by atoms with Crippen molar-refractivity contribution in [3.05, 3.63) is 0 Å². The van der Waals surface area contributed by atoms with Gasteiger partial charge in [0.25, 0.3) is 0 Å². The lowest BCUT2D eigenvalue weighted by Crippen LogP contribution is -2.74. The zero-order valence-corrected chi connectivity index (χ0v) is 12.5. The number of esters is 1. The molecule has 8 nitrogen and oxygen atoms in total. The highest BCUT2D eigenvalue weighted by atomic mass is 32.2. The minimum atomic E-state index is -1.29. The van der Waals surface area contributed by atoms with Crippen molar-refractivity contribution in [3.8, 4) is 0 Å². The standard InChI is InChI=1S/C12H15N3O5S/c1-11(2)6(7(16)17)15-9(19)12(10(15)21-11)4-13-14-5(12)8(18)20-3/h6,10,13H,4H2,1-3H3,(H,16,17)/p-1/t6-,10+,12+/m0/s1. The summed E-state index contributed by atoms with van der Waals surface area (Å²) in [6.45, 7) is 3.66. The van der Waals surface area contributed by atoms with Gasteiger partial charge < -0.3 is 25.0 Å². The average Bonchev–Trinajstić information content (AvgIpc) is 2.96. The highest BCUT2D eigenvalue weighted by Gasteiger charge is 2.74. The van der Waals surface area contributed by atoms with Crippen LogP contribution in [0.15, 0.2) is 5.10 Å². The fourth-order valence-corrected chi connectivity index (χ4v) is 4.98. The number of hydrogen-bond donors (Lipinski definition) is 1. The van der Waals surface area contributed by atoms with E-state index >= 15 is 0 Å². The maximum Gasteiger partial charge on any atom is 0.355 e. The largest absolute Gasteiger partial charge is 0.548 e. The summed E-state index contributed by atoms with van der Waals surface area (Å²) in [5.41, 5.74) is 1.53. The van der Waals surface area contributed by atoms with Crippen LogP contribution in [0, 0.1) is 5.41 Å². The molecule has 2 fully saturated rings.